The molecule has 2 rings (SSSR count). The van der Waals surface area contributed by atoms with Gasteiger partial charge in [-0.15, -0.1) is 0 Å². The number of hydrogen-bond donors (Lipinski definition) is 1. The van der Waals surface area contributed by atoms with Gasteiger partial charge in [-0.2, -0.15) is 0 Å². The van der Waals surface area contributed by atoms with Crippen molar-refractivity contribution >= 4 is 21.8 Å². The smallest absolute Gasteiger partial charge is 0.226 e. The van der Waals surface area contributed by atoms with Crippen molar-refractivity contribution in [3.8, 4) is 5.75 Å². The zero-order valence-corrected chi connectivity index (χ0v) is 13.6. The first-order valence-electron chi connectivity index (χ1n) is 7.18. The van der Waals surface area contributed by atoms with Crippen LogP contribution in [0.25, 0.3) is 0 Å². The Morgan fingerprint density at radius 2 is 2.05 bits per heavy atom. The van der Waals surface area contributed by atoms with Gasteiger partial charge in [-0.25, -0.2) is 0 Å². The van der Waals surface area contributed by atoms with E-state index in [2.05, 4.69) is 20.8 Å². The van der Waals surface area contributed by atoms with Gasteiger partial charge in [0.1, 0.15) is 5.75 Å². The highest BCUT2D eigenvalue weighted by Crippen LogP contribution is 2.17. The molecule has 1 saturated heterocycles. The quantitative estimate of drug-likeness (QED) is 0.835. The first kappa shape index (κ1) is 16.3. The molecule has 0 aliphatic carbocycles. The van der Waals surface area contributed by atoms with Gasteiger partial charge in [0.2, 0.25) is 5.91 Å². The molecule has 0 bridgehead atoms. The monoisotopic (exact) mass is 356 g/mol. The second kappa shape index (κ2) is 8.36. The van der Waals surface area contributed by atoms with E-state index in [1.807, 2.05) is 29.2 Å². The Balaban J connectivity index is 1.68. The van der Waals surface area contributed by atoms with E-state index in [-0.39, 0.29) is 12.5 Å². The van der Waals surface area contributed by atoms with Gasteiger partial charge < -0.3 is 14.7 Å². The van der Waals surface area contributed by atoms with Crippen molar-refractivity contribution < 1.29 is 14.6 Å². The minimum atomic E-state index is 0.133. The van der Waals surface area contributed by atoms with E-state index in [0.717, 1.165) is 36.4 Å². The minimum absolute atomic E-state index is 0.133. The molecule has 1 aliphatic heterocycles. The third-order valence-electron chi connectivity index (χ3n) is 3.52. The first-order valence-corrected chi connectivity index (χ1v) is 7.97. The molecule has 6 heteroatoms. The highest BCUT2D eigenvalue weighted by atomic mass is 79.9. The van der Waals surface area contributed by atoms with Crippen molar-refractivity contribution in [2.45, 2.75) is 6.42 Å². The van der Waals surface area contributed by atoms with Crippen LogP contribution in [0.5, 0.6) is 5.75 Å². The summed E-state index contributed by atoms with van der Waals surface area (Å²) in [6, 6.07) is 7.60. The number of aliphatic hydroxyl groups excluding tert-OH is 1. The predicted octanol–water partition coefficient (Wildman–Crippen LogP) is 1.35. The summed E-state index contributed by atoms with van der Waals surface area (Å²) in [5.74, 6) is 0.901. The summed E-state index contributed by atoms with van der Waals surface area (Å²) in [4.78, 5) is 16.1. The van der Waals surface area contributed by atoms with E-state index in [0.29, 0.717) is 19.6 Å². The number of ether oxygens (including phenoxy) is 1. The summed E-state index contributed by atoms with van der Waals surface area (Å²) in [5, 5.41) is 8.90. The summed E-state index contributed by atoms with van der Waals surface area (Å²) >= 11 is 3.39. The Labute approximate surface area is 133 Å². The third-order valence-corrected chi connectivity index (χ3v) is 4.02. The van der Waals surface area contributed by atoms with Crippen LogP contribution in [0.3, 0.4) is 0 Å². The predicted molar refractivity (Wildman–Crippen MR) is 84.4 cm³/mol. The molecule has 0 unspecified atom stereocenters. The van der Waals surface area contributed by atoms with Gasteiger partial charge in [-0.1, -0.05) is 22.0 Å². The van der Waals surface area contributed by atoms with Crippen LogP contribution in [0.1, 0.15) is 6.42 Å². The van der Waals surface area contributed by atoms with E-state index in [9.17, 15) is 4.79 Å². The van der Waals surface area contributed by atoms with Gasteiger partial charge >= 0.3 is 0 Å². The lowest BCUT2D eigenvalue weighted by Crippen LogP contribution is -2.49. The molecule has 1 amide bonds. The SMILES string of the molecule is O=C(CCOc1cccc(Br)c1)N1CCN(CCO)CC1. The van der Waals surface area contributed by atoms with Crippen molar-refractivity contribution in [2.75, 3.05) is 45.9 Å². The molecule has 1 aromatic carbocycles. The molecule has 1 heterocycles. The Bertz CT molecular complexity index is 462. The molecule has 116 valence electrons. The summed E-state index contributed by atoms with van der Waals surface area (Å²) < 4.78 is 6.55. The van der Waals surface area contributed by atoms with Crippen LogP contribution in [0.2, 0.25) is 0 Å². The lowest BCUT2D eigenvalue weighted by atomic mass is 10.3. The second-order valence-electron chi connectivity index (χ2n) is 5.00. The van der Waals surface area contributed by atoms with Crippen molar-refractivity contribution in [3.05, 3.63) is 28.7 Å². The number of β-amino-alcohol motifs (C(OH)–C–C–N with tert-alkyl or cyclic N) is 1. The average molecular weight is 357 g/mol. The van der Waals surface area contributed by atoms with E-state index < -0.39 is 0 Å². The molecule has 1 aromatic rings. The number of amides is 1. The number of piperazine rings is 1. The number of rotatable bonds is 6. The fraction of sp³-hybridized carbons (Fsp3) is 0.533. The van der Waals surface area contributed by atoms with E-state index in [4.69, 9.17) is 9.84 Å². The molecule has 21 heavy (non-hydrogen) atoms. The van der Waals surface area contributed by atoms with Crippen LogP contribution in [-0.4, -0.2) is 66.8 Å². The molecule has 1 aliphatic rings. The normalized spacial score (nSPS) is 16.0. The highest BCUT2D eigenvalue weighted by Gasteiger charge is 2.20. The topological polar surface area (TPSA) is 53.0 Å². The number of aliphatic hydroxyl groups is 1. The largest absolute Gasteiger partial charge is 0.493 e. The lowest BCUT2D eigenvalue weighted by molar-refractivity contribution is -0.133. The molecule has 1 N–H and O–H groups in total. The van der Waals surface area contributed by atoms with Gasteiger partial charge in [-0.05, 0) is 18.2 Å². The first-order chi connectivity index (χ1) is 10.2. The molecule has 0 spiro atoms. The van der Waals surface area contributed by atoms with Crippen LogP contribution in [0.4, 0.5) is 0 Å². The van der Waals surface area contributed by atoms with Crippen LogP contribution in [-0.2, 0) is 4.79 Å². The van der Waals surface area contributed by atoms with Gasteiger partial charge in [0, 0.05) is 37.2 Å². The zero-order chi connectivity index (χ0) is 15.1. The number of halogens is 1. The van der Waals surface area contributed by atoms with E-state index >= 15 is 0 Å². The van der Waals surface area contributed by atoms with Crippen molar-refractivity contribution in [3.63, 3.8) is 0 Å². The van der Waals surface area contributed by atoms with Gasteiger partial charge in [0.25, 0.3) is 0 Å². The molecule has 0 aromatic heterocycles. The zero-order valence-electron chi connectivity index (χ0n) is 12.0. The Kier molecular flexibility index (Phi) is 6.48. The molecule has 0 atom stereocenters. The number of carbonyl (C=O) groups excluding carboxylic acids is 1. The highest BCUT2D eigenvalue weighted by molar-refractivity contribution is 9.10. The third kappa shape index (κ3) is 5.30. The Hall–Kier alpha value is -1.11. The van der Waals surface area contributed by atoms with Crippen LogP contribution in [0, 0.1) is 0 Å². The Morgan fingerprint density at radius 1 is 1.29 bits per heavy atom. The van der Waals surface area contributed by atoms with E-state index in [1.54, 1.807) is 0 Å². The van der Waals surface area contributed by atoms with E-state index in [1.165, 1.54) is 0 Å². The van der Waals surface area contributed by atoms with Crippen LogP contribution in [0.15, 0.2) is 28.7 Å². The lowest BCUT2D eigenvalue weighted by Gasteiger charge is -2.34. The number of benzene rings is 1. The van der Waals surface area contributed by atoms with Gasteiger partial charge in [0.15, 0.2) is 0 Å². The van der Waals surface area contributed by atoms with Gasteiger partial charge in [0.05, 0.1) is 19.6 Å². The molecule has 1 fully saturated rings. The van der Waals surface area contributed by atoms with Crippen molar-refractivity contribution in [2.24, 2.45) is 0 Å². The molecule has 0 radical (unpaired) electrons. The average Bonchev–Trinajstić information content (AvgIpc) is 2.48. The number of hydrogen-bond acceptors (Lipinski definition) is 4. The Morgan fingerprint density at radius 3 is 2.71 bits per heavy atom. The van der Waals surface area contributed by atoms with Crippen molar-refractivity contribution in [1.82, 2.24) is 9.80 Å². The summed E-state index contributed by atoms with van der Waals surface area (Å²) in [6.07, 6.45) is 0.395. The molecular weight excluding hydrogens is 336 g/mol. The van der Waals surface area contributed by atoms with Crippen LogP contribution >= 0.6 is 15.9 Å². The minimum Gasteiger partial charge on any atom is -0.493 e. The summed E-state index contributed by atoms with van der Waals surface area (Å²) in [6.45, 7) is 4.39. The summed E-state index contributed by atoms with van der Waals surface area (Å²) in [5.41, 5.74) is 0. The van der Waals surface area contributed by atoms with Crippen LogP contribution < -0.4 is 4.74 Å². The molecule has 0 saturated carbocycles. The molecular formula is C15H21BrN2O3. The summed E-state index contributed by atoms with van der Waals surface area (Å²) in [7, 11) is 0. The van der Waals surface area contributed by atoms with Gasteiger partial charge in [-0.3, -0.25) is 9.69 Å². The fourth-order valence-corrected chi connectivity index (χ4v) is 2.71. The fourth-order valence-electron chi connectivity index (χ4n) is 2.33. The molecule has 5 nitrogen and oxygen atoms in total. The number of nitrogens with zero attached hydrogens (tertiary/aromatic N) is 2. The maximum atomic E-state index is 12.1. The number of carbonyl (C=O) groups is 1. The maximum absolute atomic E-state index is 12.1. The maximum Gasteiger partial charge on any atom is 0.226 e. The van der Waals surface area contributed by atoms with Crippen molar-refractivity contribution in [1.29, 1.82) is 0 Å². The second-order valence-corrected chi connectivity index (χ2v) is 5.92. The standard InChI is InChI=1S/C15H21BrN2O3/c16-13-2-1-3-14(12-13)21-11-4-15(20)18-7-5-17(6-8-18)9-10-19/h1-3,12,19H,4-11H2.